The molecule has 0 atom stereocenters. The number of nitrogens with one attached hydrogen (secondary N) is 2. The number of nitrogens with zero attached hydrogens (tertiary/aromatic N) is 3. The molecule has 1 heterocycles. The molecule has 0 aromatic carbocycles. The second kappa shape index (κ2) is 3.38. The first-order valence-electron chi connectivity index (χ1n) is 3.73. The van der Waals surface area contributed by atoms with Gasteiger partial charge >= 0.3 is 6.09 Å². The third-order valence-electron chi connectivity index (χ3n) is 1.63. The second-order valence-electron chi connectivity index (χ2n) is 3.28. The van der Waals surface area contributed by atoms with Crippen molar-refractivity contribution < 1.29 is 9.90 Å². The Balaban J connectivity index is 2.61. The van der Waals surface area contributed by atoms with Crippen LogP contribution in [0.25, 0.3) is 0 Å². The maximum atomic E-state index is 10.2. The summed E-state index contributed by atoms with van der Waals surface area (Å²) in [6.07, 6.45) is -1.06. The summed E-state index contributed by atoms with van der Waals surface area (Å²) in [5.41, 5.74) is -0.453. The van der Waals surface area contributed by atoms with Crippen molar-refractivity contribution in [3.63, 3.8) is 0 Å². The monoisotopic (exact) mass is 185 g/mol. The van der Waals surface area contributed by atoms with Crippen LogP contribution in [0.3, 0.4) is 0 Å². The molecule has 0 aliphatic carbocycles. The van der Waals surface area contributed by atoms with E-state index in [0.717, 1.165) is 0 Å². The smallest absolute Gasteiger partial charge is 0.404 e. The minimum atomic E-state index is -1.06. The topological polar surface area (TPSA) is 104 Å². The molecular formula is C6H11N5O2. The van der Waals surface area contributed by atoms with Gasteiger partial charge in [0.15, 0.2) is 5.82 Å². The van der Waals surface area contributed by atoms with E-state index in [9.17, 15) is 4.79 Å². The zero-order chi connectivity index (χ0) is 9.90. The molecule has 7 heteroatoms. The van der Waals surface area contributed by atoms with Gasteiger partial charge in [0.2, 0.25) is 0 Å². The minimum absolute atomic E-state index is 0.252. The molecular weight excluding hydrogens is 174 g/mol. The highest BCUT2D eigenvalue weighted by molar-refractivity contribution is 5.64. The molecule has 0 saturated heterocycles. The van der Waals surface area contributed by atoms with E-state index in [1.54, 1.807) is 0 Å². The number of aromatic nitrogens is 4. The quantitative estimate of drug-likeness (QED) is 0.602. The van der Waals surface area contributed by atoms with Crippen LogP contribution in [0.1, 0.15) is 19.7 Å². The van der Waals surface area contributed by atoms with Gasteiger partial charge < -0.3 is 10.4 Å². The Hall–Kier alpha value is -1.66. The van der Waals surface area contributed by atoms with Gasteiger partial charge in [-0.3, -0.25) is 0 Å². The summed E-state index contributed by atoms with van der Waals surface area (Å²) in [4.78, 5) is 10.2. The highest BCUT2D eigenvalue weighted by atomic mass is 16.4. The lowest BCUT2D eigenvalue weighted by Gasteiger charge is -2.19. The number of hydrogen-bond donors (Lipinski definition) is 3. The SMILES string of the molecule is CC(C)(CNC(=O)O)c1nn[nH]n1. The minimum Gasteiger partial charge on any atom is -0.465 e. The summed E-state index contributed by atoms with van der Waals surface area (Å²) < 4.78 is 0. The Morgan fingerprint density at radius 1 is 1.69 bits per heavy atom. The first-order valence-corrected chi connectivity index (χ1v) is 3.73. The van der Waals surface area contributed by atoms with Crippen LogP contribution in [0.15, 0.2) is 0 Å². The lowest BCUT2D eigenvalue weighted by atomic mass is 9.93. The van der Waals surface area contributed by atoms with Gasteiger partial charge in [-0.25, -0.2) is 4.79 Å². The summed E-state index contributed by atoms with van der Waals surface area (Å²) in [6, 6.07) is 0. The van der Waals surface area contributed by atoms with Gasteiger partial charge in [0.25, 0.3) is 0 Å². The van der Waals surface area contributed by atoms with Crippen LogP contribution >= 0.6 is 0 Å². The molecule has 0 bridgehead atoms. The van der Waals surface area contributed by atoms with Gasteiger partial charge in [0, 0.05) is 12.0 Å². The molecule has 13 heavy (non-hydrogen) atoms. The van der Waals surface area contributed by atoms with E-state index in [1.165, 1.54) is 0 Å². The van der Waals surface area contributed by atoms with E-state index in [2.05, 4.69) is 25.9 Å². The van der Waals surface area contributed by atoms with Crippen LogP contribution in [-0.4, -0.2) is 38.4 Å². The highest BCUT2D eigenvalue weighted by Gasteiger charge is 2.25. The molecule has 0 aliphatic rings. The van der Waals surface area contributed by atoms with E-state index >= 15 is 0 Å². The Morgan fingerprint density at radius 3 is 2.85 bits per heavy atom. The van der Waals surface area contributed by atoms with Crippen molar-refractivity contribution in [2.24, 2.45) is 0 Å². The van der Waals surface area contributed by atoms with Crippen LogP contribution in [0.2, 0.25) is 0 Å². The largest absolute Gasteiger partial charge is 0.465 e. The van der Waals surface area contributed by atoms with E-state index in [0.29, 0.717) is 5.82 Å². The van der Waals surface area contributed by atoms with Crippen molar-refractivity contribution in [3.8, 4) is 0 Å². The molecule has 72 valence electrons. The summed E-state index contributed by atoms with van der Waals surface area (Å²) >= 11 is 0. The molecule has 0 radical (unpaired) electrons. The molecule has 7 nitrogen and oxygen atoms in total. The number of hydrogen-bond acceptors (Lipinski definition) is 4. The average molecular weight is 185 g/mol. The fourth-order valence-corrected chi connectivity index (χ4v) is 0.824. The third-order valence-corrected chi connectivity index (χ3v) is 1.63. The summed E-state index contributed by atoms with van der Waals surface area (Å²) in [6.45, 7) is 3.91. The van der Waals surface area contributed by atoms with Gasteiger partial charge in [0.05, 0.1) is 0 Å². The van der Waals surface area contributed by atoms with Crippen LogP contribution < -0.4 is 5.32 Å². The number of tetrazole rings is 1. The van der Waals surface area contributed by atoms with Gasteiger partial charge in [-0.05, 0) is 0 Å². The number of H-pyrrole nitrogens is 1. The fraction of sp³-hybridized carbons (Fsp3) is 0.667. The van der Waals surface area contributed by atoms with Gasteiger partial charge in [-0.1, -0.05) is 19.1 Å². The zero-order valence-corrected chi connectivity index (χ0v) is 7.40. The molecule has 1 rings (SSSR count). The predicted molar refractivity (Wildman–Crippen MR) is 43.2 cm³/mol. The molecule has 1 aromatic rings. The first-order chi connectivity index (χ1) is 6.02. The van der Waals surface area contributed by atoms with Crippen LogP contribution in [0.4, 0.5) is 4.79 Å². The summed E-state index contributed by atoms with van der Waals surface area (Å²) in [7, 11) is 0. The molecule has 0 saturated carbocycles. The van der Waals surface area contributed by atoms with E-state index in [1.807, 2.05) is 13.8 Å². The van der Waals surface area contributed by atoms with E-state index < -0.39 is 11.5 Å². The van der Waals surface area contributed by atoms with Crippen molar-refractivity contribution in [2.45, 2.75) is 19.3 Å². The van der Waals surface area contributed by atoms with E-state index in [4.69, 9.17) is 5.11 Å². The van der Waals surface area contributed by atoms with Crippen LogP contribution in [0, 0.1) is 0 Å². The van der Waals surface area contributed by atoms with Crippen molar-refractivity contribution in [3.05, 3.63) is 5.82 Å². The molecule has 0 fully saturated rings. The lowest BCUT2D eigenvalue weighted by Crippen LogP contribution is -2.36. The maximum absolute atomic E-state index is 10.2. The summed E-state index contributed by atoms with van der Waals surface area (Å²) in [5.74, 6) is 0.487. The second-order valence-corrected chi connectivity index (χ2v) is 3.28. The van der Waals surface area contributed by atoms with Crippen LogP contribution in [-0.2, 0) is 5.41 Å². The van der Waals surface area contributed by atoms with Gasteiger partial charge in [0.1, 0.15) is 0 Å². The van der Waals surface area contributed by atoms with Gasteiger partial charge in [-0.2, -0.15) is 5.21 Å². The standard InChI is InChI=1S/C6H11N5O2/c1-6(2,3-7-5(12)13)4-8-10-11-9-4/h7H,3H2,1-2H3,(H,12,13)(H,8,9,10,11). The Kier molecular flexibility index (Phi) is 2.45. The Labute approximate surface area is 74.5 Å². The molecule has 0 unspecified atom stereocenters. The van der Waals surface area contributed by atoms with Crippen molar-refractivity contribution in [1.82, 2.24) is 25.9 Å². The zero-order valence-electron chi connectivity index (χ0n) is 7.40. The van der Waals surface area contributed by atoms with E-state index in [-0.39, 0.29) is 6.54 Å². The molecule has 0 spiro atoms. The van der Waals surface area contributed by atoms with Crippen molar-refractivity contribution in [2.75, 3.05) is 6.54 Å². The van der Waals surface area contributed by atoms with Crippen molar-refractivity contribution in [1.29, 1.82) is 0 Å². The Morgan fingerprint density at radius 2 is 2.38 bits per heavy atom. The number of aromatic amines is 1. The fourth-order valence-electron chi connectivity index (χ4n) is 0.824. The lowest BCUT2D eigenvalue weighted by molar-refractivity contribution is 0.191. The third kappa shape index (κ3) is 2.39. The molecule has 1 aromatic heterocycles. The number of amides is 1. The Bertz CT molecular complexity index is 281. The molecule has 3 N–H and O–H groups in total. The number of rotatable bonds is 3. The average Bonchev–Trinajstić information content (AvgIpc) is 2.53. The normalized spacial score (nSPS) is 11.2. The first kappa shape index (κ1) is 9.43. The summed E-state index contributed by atoms with van der Waals surface area (Å²) in [5, 5.41) is 24.0. The van der Waals surface area contributed by atoms with Gasteiger partial charge in [-0.15, -0.1) is 10.2 Å². The number of carbonyl (C=O) groups is 1. The maximum Gasteiger partial charge on any atom is 0.404 e. The van der Waals surface area contributed by atoms with Crippen LogP contribution in [0.5, 0.6) is 0 Å². The predicted octanol–water partition coefficient (Wildman–Crippen LogP) is -0.255. The van der Waals surface area contributed by atoms with Crippen molar-refractivity contribution >= 4 is 6.09 Å². The molecule has 1 amide bonds. The molecule has 0 aliphatic heterocycles. The highest BCUT2D eigenvalue weighted by Crippen LogP contribution is 2.16. The number of carboxylic acid groups (broad SMARTS) is 1.